The molecule has 1 rings (SSSR count). The first-order valence-corrected chi connectivity index (χ1v) is 6.34. The number of para-hydroxylation sites is 2. The fourth-order valence-electron chi connectivity index (χ4n) is 1.48. The monoisotopic (exact) mass is 266 g/mol. The summed E-state index contributed by atoms with van der Waals surface area (Å²) in [5.74, 6) is 0.793. The van der Waals surface area contributed by atoms with Gasteiger partial charge >= 0.3 is 0 Å². The largest absolute Gasteiger partial charge is 0.491 e. The van der Waals surface area contributed by atoms with Crippen molar-refractivity contribution in [1.29, 1.82) is 0 Å². The third-order valence-corrected chi connectivity index (χ3v) is 2.51. The molecule has 5 nitrogen and oxygen atoms in total. The molecule has 0 heterocycles. The molecule has 19 heavy (non-hydrogen) atoms. The highest BCUT2D eigenvalue weighted by molar-refractivity contribution is 5.95. The van der Waals surface area contributed by atoms with Crippen LogP contribution in [0, 0.1) is 5.92 Å². The second kappa shape index (κ2) is 7.76. The summed E-state index contributed by atoms with van der Waals surface area (Å²) in [5, 5.41) is 2.77. The van der Waals surface area contributed by atoms with E-state index in [9.17, 15) is 4.79 Å². The second-order valence-electron chi connectivity index (χ2n) is 4.65. The zero-order chi connectivity index (χ0) is 14.3. The first-order chi connectivity index (χ1) is 9.08. The van der Waals surface area contributed by atoms with E-state index in [1.54, 1.807) is 6.07 Å². The second-order valence-corrected chi connectivity index (χ2v) is 4.65. The molecule has 0 bridgehead atoms. The molecule has 0 aliphatic carbocycles. The van der Waals surface area contributed by atoms with Gasteiger partial charge in [-0.3, -0.25) is 4.79 Å². The smallest absolute Gasteiger partial charge is 0.254 e. The van der Waals surface area contributed by atoms with E-state index in [1.807, 2.05) is 18.2 Å². The van der Waals surface area contributed by atoms with Gasteiger partial charge in [0.05, 0.1) is 12.3 Å². The van der Waals surface area contributed by atoms with Crippen LogP contribution < -0.4 is 15.8 Å². The average Bonchev–Trinajstić information content (AvgIpc) is 2.39. The predicted molar refractivity (Wildman–Crippen MR) is 75.3 cm³/mol. The Bertz CT molecular complexity index is 403. The quantitative estimate of drug-likeness (QED) is 0.786. The number of ether oxygens (including phenoxy) is 2. The SMILES string of the molecule is COC(CN)C(=O)Nc1ccccc1OCC(C)C. The van der Waals surface area contributed by atoms with Crippen LogP contribution in [0.1, 0.15) is 13.8 Å². The van der Waals surface area contributed by atoms with Crippen LogP contribution in [0.25, 0.3) is 0 Å². The van der Waals surface area contributed by atoms with Crippen molar-refractivity contribution in [2.75, 3.05) is 25.6 Å². The Morgan fingerprint density at radius 3 is 2.63 bits per heavy atom. The Kier molecular flexibility index (Phi) is 6.32. The fraction of sp³-hybridized carbons (Fsp3) is 0.500. The Labute approximate surface area is 114 Å². The summed E-state index contributed by atoms with van der Waals surface area (Å²) in [7, 11) is 1.46. The van der Waals surface area contributed by atoms with Crippen molar-refractivity contribution in [3.8, 4) is 5.75 Å². The molecule has 0 radical (unpaired) electrons. The van der Waals surface area contributed by atoms with Crippen molar-refractivity contribution in [2.24, 2.45) is 11.7 Å². The molecule has 0 aliphatic rings. The van der Waals surface area contributed by atoms with Crippen LogP contribution in [-0.2, 0) is 9.53 Å². The Morgan fingerprint density at radius 2 is 2.05 bits per heavy atom. The molecular formula is C14H22N2O3. The maximum atomic E-state index is 11.9. The van der Waals surface area contributed by atoms with Crippen LogP contribution in [0.3, 0.4) is 0 Å². The lowest BCUT2D eigenvalue weighted by Crippen LogP contribution is -2.36. The zero-order valence-electron chi connectivity index (χ0n) is 11.7. The van der Waals surface area contributed by atoms with Gasteiger partial charge in [0.1, 0.15) is 11.9 Å². The van der Waals surface area contributed by atoms with E-state index in [2.05, 4.69) is 19.2 Å². The molecule has 0 spiro atoms. The van der Waals surface area contributed by atoms with Gasteiger partial charge in [-0.15, -0.1) is 0 Å². The number of rotatable bonds is 7. The molecule has 0 saturated heterocycles. The molecule has 1 unspecified atom stereocenters. The number of amides is 1. The molecule has 1 aromatic carbocycles. The maximum Gasteiger partial charge on any atom is 0.254 e. The molecule has 106 valence electrons. The third kappa shape index (κ3) is 4.89. The van der Waals surface area contributed by atoms with E-state index in [0.717, 1.165) is 0 Å². The molecule has 1 aromatic rings. The Balaban J connectivity index is 2.74. The normalized spacial score (nSPS) is 12.3. The number of hydrogen-bond donors (Lipinski definition) is 2. The van der Waals surface area contributed by atoms with Crippen molar-refractivity contribution in [1.82, 2.24) is 0 Å². The lowest BCUT2D eigenvalue weighted by Gasteiger charge is -2.16. The van der Waals surface area contributed by atoms with E-state index in [-0.39, 0.29) is 12.5 Å². The summed E-state index contributed by atoms with van der Waals surface area (Å²) < 4.78 is 10.7. The van der Waals surface area contributed by atoms with Gasteiger partial charge in [-0.05, 0) is 18.1 Å². The van der Waals surface area contributed by atoms with Crippen LogP contribution in [0.4, 0.5) is 5.69 Å². The number of methoxy groups -OCH3 is 1. The average molecular weight is 266 g/mol. The minimum Gasteiger partial charge on any atom is -0.491 e. The first kappa shape index (κ1) is 15.5. The minimum absolute atomic E-state index is 0.136. The summed E-state index contributed by atoms with van der Waals surface area (Å²) in [6, 6.07) is 7.31. The predicted octanol–water partition coefficient (Wildman–Crippen LogP) is 1.63. The van der Waals surface area contributed by atoms with Gasteiger partial charge in [0.15, 0.2) is 0 Å². The summed E-state index contributed by atoms with van der Waals surface area (Å²) >= 11 is 0. The summed E-state index contributed by atoms with van der Waals surface area (Å²) in [4.78, 5) is 11.9. The molecule has 0 fully saturated rings. The van der Waals surface area contributed by atoms with Gasteiger partial charge in [-0.1, -0.05) is 26.0 Å². The fourth-order valence-corrected chi connectivity index (χ4v) is 1.48. The molecule has 5 heteroatoms. The van der Waals surface area contributed by atoms with E-state index in [1.165, 1.54) is 7.11 Å². The highest BCUT2D eigenvalue weighted by atomic mass is 16.5. The van der Waals surface area contributed by atoms with Gasteiger partial charge in [0, 0.05) is 13.7 Å². The van der Waals surface area contributed by atoms with E-state index in [4.69, 9.17) is 15.2 Å². The van der Waals surface area contributed by atoms with E-state index < -0.39 is 6.10 Å². The molecule has 0 aliphatic heterocycles. The standard InChI is InChI=1S/C14H22N2O3/c1-10(2)9-19-12-7-5-4-6-11(12)16-14(17)13(8-15)18-3/h4-7,10,13H,8-9,15H2,1-3H3,(H,16,17). The first-order valence-electron chi connectivity index (χ1n) is 6.34. The van der Waals surface area contributed by atoms with Crippen LogP contribution in [0.2, 0.25) is 0 Å². The van der Waals surface area contributed by atoms with Crippen molar-refractivity contribution in [2.45, 2.75) is 20.0 Å². The summed E-state index contributed by atoms with van der Waals surface area (Å²) in [6.45, 7) is 4.86. The number of nitrogens with two attached hydrogens (primary N) is 1. The minimum atomic E-state index is -0.654. The maximum absolute atomic E-state index is 11.9. The third-order valence-electron chi connectivity index (χ3n) is 2.51. The molecule has 1 atom stereocenters. The molecule has 0 aromatic heterocycles. The topological polar surface area (TPSA) is 73.6 Å². The highest BCUT2D eigenvalue weighted by Crippen LogP contribution is 2.24. The van der Waals surface area contributed by atoms with Crippen molar-refractivity contribution in [3.05, 3.63) is 24.3 Å². The van der Waals surface area contributed by atoms with Crippen molar-refractivity contribution < 1.29 is 14.3 Å². The number of carbonyl (C=O) groups excluding carboxylic acids is 1. The molecule has 3 N–H and O–H groups in total. The Hall–Kier alpha value is -1.59. The highest BCUT2D eigenvalue weighted by Gasteiger charge is 2.17. The number of benzene rings is 1. The lowest BCUT2D eigenvalue weighted by atomic mass is 10.2. The van der Waals surface area contributed by atoms with Gasteiger partial charge in [-0.2, -0.15) is 0 Å². The number of anilines is 1. The van der Waals surface area contributed by atoms with Crippen LogP contribution in [0.15, 0.2) is 24.3 Å². The summed E-state index contributed by atoms with van der Waals surface area (Å²) in [6.07, 6.45) is -0.654. The molecule has 0 saturated carbocycles. The Morgan fingerprint density at radius 1 is 1.37 bits per heavy atom. The van der Waals surface area contributed by atoms with Crippen molar-refractivity contribution in [3.63, 3.8) is 0 Å². The van der Waals surface area contributed by atoms with Crippen LogP contribution >= 0.6 is 0 Å². The molecule has 1 amide bonds. The molecular weight excluding hydrogens is 244 g/mol. The van der Waals surface area contributed by atoms with Gasteiger partial charge in [0.2, 0.25) is 0 Å². The number of carbonyl (C=O) groups is 1. The van der Waals surface area contributed by atoms with Crippen LogP contribution in [-0.4, -0.2) is 32.3 Å². The van der Waals surface area contributed by atoms with Gasteiger partial charge < -0.3 is 20.5 Å². The number of hydrogen-bond acceptors (Lipinski definition) is 4. The van der Waals surface area contributed by atoms with Crippen molar-refractivity contribution >= 4 is 11.6 Å². The van der Waals surface area contributed by atoms with E-state index in [0.29, 0.717) is 24.0 Å². The number of nitrogens with one attached hydrogen (secondary N) is 1. The zero-order valence-corrected chi connectivity index (χ0v) is 11.7. The lowest BCUT2D eigenvalue weighted by molar-refractivity contribution is -0.125. The van der Waals surface area contributed by atoms with E-state index >= 15 is 0 Å². The van der Waals surface area contributed by atoms with Gasteiger partial charge in [0.25, 0.3) is 5.91 Å². The summed E-state index contributed by atoms with van der Waals surface area (Å²) in [5.41, 5.74) is 6.09. The van der Waals surface area contributed by atoms with Crippen LogP contribution in [0.5, 0.6) is 5.75 Å². The van der Waals surface area contributed by atoms with Gasteiger partial charge in [-0.25, -0.2) is 0 Å².